The average Bonchev–Trinajstić information content (AvgIpc) is 2.15. The summed E-state index contributed by atoms with van der Waals surface area (Å²) in [6.45, 7) is 10.4. The van der Waals surface area contributed by atoms with Gasteiger partial charge in [-0.3, -0.25) is 0 Å². The van der Waals surface area contributed by atoms with Crippen molar-refractivity contribution in [2.45, 2.75) is 46.5 Å². The molecule has 0 heteroatoms. The summed E-state index contributed by atoms with van der Waals surface area (Å²) in [5.74, 6) is 0.668. The summed E-state index contributed by atoms with van der Waals surface area (Å²) in [6, 6.07) is 0. The minimum Gasteiger partial charge on any atom is -0.103 e. The SMILES string of the molecule is C=CCCC=C(CC=CCC)C(C)C. The maximum absolute atomic E-state index is 3.73. The van der Waals surface area contributed by atoms with Gasteiger partial charge in [-0.15, -0.1) is 6.58 Å². The van der Waals surface area contributed by atoms with E-state index >= 15 is 0 Å². The number of hydrogen-bond acceptors (Lipinski definition) is 0. The molecular weight excluding hydrogens is 168 g/mol. The van der Waals surface area contributed by atoms with Gasteiger partial charge >= 0.3 is 0 Å². The Balaban J connectivity index is 4.06. The van der Waals surface area contributed by atoms with Crippen molar-refractivity contribution in [1.29, 1.82) is 0 Å². The van der Waals surface area contributed by atoms with Gasteiger partial charge in [-0.1, -0.05) is 50.6 Å². The van der Waals surface area contributed by atoms with Crippen LogP contribution in [0.1, 0.15) is 46.5 Å². The lowest BCUT2D eigenvalue weighted by Gasteiger charge is -2.08. The zero-order chi connectivity index (χ0) is 10.8. The zero-order valence-corrected chi connectivity index (χ0v) is 9.92. The molecule has 0 aromatic heterocycles. The van der Waals surface area contributed by atoms with E-state index in [1.54, 1.807) is 5.57 Å². The molecule has 0 unspecified atom stereocenters. The van der Waals surface area contributed by atoms with Gasteiger partial charge in [0.15, 0.2) is 0 Å². The Morgan fingerprint density at radius 3 is 2.43 bits per heavy atom. The summed E-state index contributed by atoms with van der Waals surface area (Å²) in [5.41, 5.74) is 1.55. The molecule has 0 spiro atoms. The normalized spacial score (nSPS) is 12.7. The molecule has 0 amide bonds. The van der Waals surface area contributed by atoms with Crippen molar-refractivity contribution in [1.82, 2.24) is 0 Å². The van der Waals surface area contributed by atoms with Gasteiger partial charge in [0.1, 0.15) is 0 Å². The third-order valence-corrected chi connectivity index (χ3v) is 2.27. The number of unbranched alkanes of at least 4 members (excludes halogenated alkanes) is 1. The lowest BCUT2D eigenvalue weighted by molar-refractivity contribution is 0.737. The van der Waals surface area contributed by atoms with Crippen molar-refractivity contribution in [3.63, 3.8) is 0 Å². The van der Waals surface area contributed by atoms with Crippen molar-refractivity contribution in [2.24, 2.45) is 5.92 Å². The van der Waals surface area contributed by atoms with Gasteiger partial charge in [-0.05, 0) is 31.6 Å². The van der Waals surface area contributed by atoms with Gasteiger partial charge in [0.2, 0.25) is 0 Å². The van der Waals surface area contributed by atoms with Gasteiger partial charge in [0.05, 0.1) is 0 Å². The number of allylic oxidation sites excluding steroid dienone is 5. The molecule has 0 aromatic rings. The summed E-state index contributed by atoms with van der Waals surface area (Å²) >= 11 is 0. The first kappa shape index (κ1) is 13.2. The maximum atomic E-state index is 3.73. The maximum Gasteiger partial charge on any atom is -0.0136 e. The van der Waals surface area contributed by atoms with Gasteiger partial charge < -0.3 is 0 Å². The van der Waals surface area contributed by atoms with Crippen LogP contribution >= 0.6 is 0 Å². The highest BCUT2D eigenvalue weighted by Crippen LogP contribution is 2.16. The standard InChI is InChI=1S/C14H24/c1-5-7-9-11-14(13(3)4)12-10-8-6-2/h5,8,10-11,13H,1,6-7,9,12H2,2-4H3. The van der Waals surface area contributed by atoms with Crippen LogP contribution in [0.25, 0.3) is 0 Å². The molecule has 0 saturated heterocycles. The Hall–Kier alpha value is -0.780. The molecule has 0 rings (SSSR count). The smallest absolute Gasteiger partial charge is 0.0136 e. The van der Waals surface area contributed by atoms with Crippen molar-refractivity contribution >= 4 is 0 Å². The molecule has 0 N–H and O–H groups in total. The predicted octanol–water partition coefficient (Wildman–Crippen LogP) is 4.89. The summed E-state index contributed by atoms with van der Waals surface area (Å²) < 4.78 is 0. The topological polar surface area (TPSA) is 0 Å². The molecule has 0 saturated carbocycles. The minimum absolute atomic E-state index is 0.668. The summed E-state index contributed by atoms with van der Waals surface area (Å²) in [7, 11) is 0. The van der Waals surface area contributed by atoms with E-state index in [1.807, 2.05) is 6.08 Å². The van der Waals surface area contributed by atoms with Crippen LogP contribution in [-0.2, 0) is 0 Å². The monoisotopic (exact) mass is 192 g/mol. The molecule has 0 aliphatic carbocycles. The van der Waals surface area contributed by atoms with Crippen LogP contribution in [0.2, 0.25) is 0 Å². The van der Waals surface area contributed by atoms with E-state index in [9.17, 15) is 0 Å². The molecule has 0 fully saturated rings. The molecule has 0 bridgehead atoms. The van der Waals surface area contributed by atoms with Crippen LogP contribution in [-0.4, -0.2) is 0 Å². The summed E-state index contributed by atoms with van der Waals surface area (Å²) in [6.07, 6.45) is 13.3. The Labute approximate surface area is 89.4 Å². The van der Waals surface area contributed by atoms with Gasteiger partial charge in [-0.2, -0.15) is 0 Å². The third-order valence-electron chi connectivity index (χ3n) is 2.27. The predicted molar refractivity (Wildman–Crippen MR) is 66.4 cm³/mol. The van der Waals surface area contributed by atoms with Gasteiger partial charge in [-0.25, -0.2) is 0 Å². The van der Waals surface area contributed by atoms with Crippen LogP contribution < -0.4 is 0 Å². The first-order valence-corrected chi connectivity index (χ1v) is 5.67. The molecule has 0 aromatic carbocycles. The third kappa shape index (κ3) is 6.71. The first-order chi connectivity index (χ1) is 6.72. The highest BCUT2D eigenvalue weighted by molar-refractivity contribution is 5.10. The zero-order valence-electron chi connectivity index (χ0n) is 9.92. The lowest BCUT2D eigenvalue weighted by Crippen LogP contribution is -1.92. The molecule has 14 heavy (non-hydrogen) atoms. The van der Waals surface area contributed by atoms with E-state index in [2.05, 4.69) is 45.6 Å². The van der Waals surface area contributed by atoms with Gasteiger partial charge in [0.25, 0.3) is 0 Å². The Bertz CT molecular complexity index is 194. The van der Waals surface area contributed by atoms with Crippen LogP contribution in [0.5, 0.6) is 0 Å². The fourth-order valence-electron chi connectivity index (χ4n) is 1.33. The number of rotatable bonds is 7. The van der Waals surface area contributed by atoms with Crippen LogP contribution in [0.3, 0.4) is 0 Å². The molecule has 0 aliphatic rings. The first-order valence-electron chi connectivity index (χ1n) is 5.67. The van der Waals surface area contributed by atoms with E-state index < -0.39 is 0 Å². The van der Waals surface area contributed by atoms with E-state index in [4.69, 9.17) is 0 Å². The summed E-state index contributed by atoms with van der Waals surface area (Å²) in [4.78, 5) is 0. The van der Waals surface area contributed by atoms with Crippen molar-refractivity contribution in [2.75, 3.05) is 0 Å². The van der Waals surface area contributed by atoms with Crippen LogP contribution in [0.4, 0.5) is 0 Å². The van der Waals surface area contributed by atoms with Crippen molar-refractivity contribution < 1.29 is 0 Å². The minimum atomic E-state index is 0.668. The van der Waals surface area contributed by atoms with Crippen molar-refractivity contribution in [3.05, 3.63) is 36.5 Å². The second-order valence-electron chi connectivity index (χ2n) is 3.88. The van der Waals surface area contributed by atoms with Crippen molar-refractivity contribution in [3.8, 4) is 0 Å². The number of hydrogen-bond donors (Lipinski definition) is 0. The van der Waals surface area contributed by atoms with E-state index in [1.165, 1.54) is 0 Å². The molecule has 80 valence electrons. The molecule has 0 heterocycles. The van der Waals surface area contributed by atoms with Gasteiger partial charge in [0, 0.05) is 0 Å². The average molecular weight is 192 g/mol. The fraction of sp³-hybridized carbons (Fsp3) is 0.571. The Morgan fingerprint density at radius 1 is 1.21 bits per heavy atom. The van der Waals surface area contributed by atoms with Crippen LogP contribution in [0.15, 0.2) is 36.5 Å². The van der Waals surface area contributed by atoms with E-state index in [-0.39, 0.29) is 0 Å². The lowest BCUT2D eigenvalue weighted by atomic mass is 9.98. The second-order valence-corrected chi connectivity index (χ2v) is 3.88. The Morgan fingerprint density at radius 2 is 1.93 bits per heavy atom. The molecule has 0 radical (unpaired) electrons. The Kier molecular flexibility index (Phi) is 8.31. The summed E-state index contributed by atoms with van der Waals surface area (Å²) in [5, 5.41) is 0. The quantitative estimate of drug-likeness (QED) is 0.398. The van der Waals surface area contributed by atoms with E-state index in [0.717, 1.165) is 25.7 Å². The van der Waals surface area contributed by atoms with Crippen LogP contribution in [0, 0.1) is 5.92 Å². The largest absolute Gasteiger partial charge is 0.103 e. The molecule has 0 atom stereocenters. The molecule has 0 nitrogen and oxygen atoms in total. The van der Waals surface area contributed by atoms with E-state index in [0.29, 0.717) is 5.92 Å². The second kappa shape index (κ2) is 8.80. The molecule has 0 aliphatic heterocycles. The fourth-order valence-corrected chi connectivity index (χ4v) is 1.33. The molecular formula is C14H24. The highest BCUT2D eigenvalue weighted by atomic mass is 14.1. The highest BCUT2D eigenvalue weighted by Gasteiger charge is 1.99.